The van der Waals surface area contributed by atoms with Crippen LogP contribution >= 0.6 is 0 Å². The molecule has 24 heavy (non-hydrogen) atoms. The summed E-state index contributed by atoms with van der Waals surface area (Å²) in [6.45, 7) is 8.70. The molecular weight excluding hydrogens is 304 g/mol. The number of hydrogen-bond donors (Lipinski definition) is 3. The van der Waals surface area contributed by atoms with Gasteiger partial charge in [0, 0.05) is 32.2 Å². The van der Waals surface area contributed by atoms with Crippen LogP contribution in [-0.4, -0.2) is 49.1 Å². The van der Waals surface area contributed by atoms with Gasteiger partial charge in [-0.1, -0.05) is 31.2 Å². The second-order valence-electron chi connectivity index (χ2n) is 6.08. The molecular formula is C18H28N4O2. The SMILES string of the molecule is CCNC(=O)NC(=O)C(C)N1CCNCC1c1ccc(CC)cc1. The number of urea groups is 1. The lowest BCUT2D eigenvalue weighted by atomic mass is 9.99. The second-order valence-corrected chi connectivity index (χ2v) is 6.08. The van der Waals surface area contributed by atoms with Gasteiger partial charge in [0.15, 0.2) is 0 Å². The molecule has 0 aromatic heterocycles. The zero-order valence-electron chi connectivity index (χ0n) is 14.8. The van der Waals surface area contributed by atoms with Crippen LogP contribution in [0.1, 0.15) is 37.9 Å². The molecule has 2 rings (SSSR count). The van der Waals surface area contributed by atoms with E-state index in [-0.39, 0.29) is 18.0 Å². The number of nitrogens with one attached hydrogen (secondary N) is 3. The molecule has 6 heteroatoms. The predicted molar refractivity (Wildman–Crippen MR) is 94.8 cm³/mol. The van der Waals surface area contributed by atoms with Crippen LogP contribution in [0.2, 0.25) is 0 Å². The molecule has 1 heterocycles. The Morgan fingerprint density at radius 2 is 2.00 bits per heavy atom. The normalized spacial score (nSPS) is 19.5. The van der Waals surface area contributed by atoms with Crippen LogP contribution in [0, 0.1) is 0 Å². The Balaban J connectivity index is 2.09. The molecule has 6 nitrogen and oxygen atoms in total. The van der Waals surface area contributed by atoms with E-state index in [1.54, 1.807) is 0 Å². The molecule has 1 fully saturated rings. The Morgan fingerprint density at radius 3 is 2.62 bits per heavy atom. The Labute approximate surface area is 144 Å². The minimum Gasteiger partial charge on any atom is -0.338 e. The molecule has 3 N–H and O–H groups in total. The summed E-state index contributed by atoms with van der Waals surface area (Å²) in [6, 6.07) is 7.87. The molecule has 0 spiro atoms. The first-order valence-electron chi connectivity index (χ1n) is 8.70. The van der Waals surface area contributed by atoms with Gasteiger partial charge in [0.25, 0.3) is 0 Å². The number of benzene rings is 1. The Hall–Kier alpha value is -1.92. The molecule has 2 atom stereocenters. The van der Waals surface area contributed by atoms with Crippen molar-refractivity contribution >= 4 is 11.9 Å². The van der Waals surface area contributed by atoms with Gasteiger partial charge in [-0.3, -0.25) is 15.0 Å². The number of aryl methyl sites for hydroxylation is 1. The maximum Gasteiger partial charge on any atom is 0.321 e. The maximum atomic E-state index is 12.4. The summed E-state index contributed by atoms with van der Waals surface area (Å²) >= 11 is 0. The molecule has 0 radical (unpaired) electrons. The van der Waals surface area contributed by atoms with Gasteiger partial charge in [0.2, 0.25) is 5.91 Å². The van der Waals surface area contributed by atoms with E-state index in [9.17, 15) is 9.59 Å². The number of nitrogens with zero attached hydrogens (tertiary/aromatic N) is 1. The molecule has 1 saturated heterocycles. The fourth-order valence-corrected chi connectivity index (χ4v) is 3.04. The van der Waals surface area contributed by atoms with E-state index in [1.807, 2.05) is 13.8 Å². The summed E-state index contributed by atoms with van der Waals surface area (Å²) < 4.78 is 0. The summed E-state index contributed by atoms with van der Waals surface area (Å²) in [5.74, 6) is -0.266. The minimum absolute atomic E-state index is 0.125. The number of imide groups is 1. The monoisotopic (exact) mass is 332 g/mol. The van der Waals surface area contributed by atoms with Crippen LogP contribution in [0.15, 0.2) is 24.3 Å². The molecule has 132 valence electrons. The van der Waals surface area contributed by atoms with E-state index in [0.717, 1.165) is 26.1 Å². The summed E-state index contributed by atoms with van der Waals surface area (Å²) in [6.07, 6.45) is 1.01. The summed E-state index contributed by atoms with van der Waals surface area (Å²) in [5.41, 5.74) is 2.49. The fraction of sp³-hybridized carbons (Fsp3) is 0.556. The lowest BCUT2D eigenvalue weighted by Crippen LogP contribution is -2.55. The van der Waals surface area contributed by atoms with Crippen molar-refractivity contribution in [2.45, 2.75) is 39.3 Å². The van der Waals surface area contributed by atoms with Gasteiger partial charge in [0.05, 0.1) is 6.04 Å². The average molecular weight is 332 g/mol. The van der Waals surface area contributed by atoms with Crippen LogP contribution in [0.5, 0.6) is 0 Å². The van der Waals surface area contributed by atoms with E-state index in [0.29, 0.717) is 6.54 Å². The van der Waals surface area contributed by atoms with Crippen LogP contribution < -0.4 is 16.0 Å². The highest BCUT2D eigenvalue weighted by Gasteiger charge is 2.31. The Morgan fingerprint density at radius 1 is 1.29 bits per heavy atom. The average Bonchev–Trinajstić information content (AvgIpc) is 2.61. The smallest absolute Gasteiger partial charge is 0.321 e. The molecule has 2 unspecified atom stereocenters. The third-order valence-corrected chi connectivity index (χ3v) is 4.51. The Kier molecular flexibility index (Phi) is 6.75. The van der Waals surface area contributed by atoms with Crippen LogP contribution in [-0.2, 0) is 11.2 Å². The molecule has 0 bridgehead atoms. The molecule has 3 amide bonds. The van der Waals surface area contributed by atoms with E-state index in [2.05, 4.69) is 52.0 Å². The number of hydrogen-bond acceptors (Lipinski definition) is 4. The molecule has 1 aromatic carbocycles. The molecule has 0 saturated carbocycles. The van der Waals surface area contributed by atoms with Crippen molar-refractivity contribution < 1.29 is 9.59 Å². The first-order valence-corrected chi connectivity index (χ1v) is 8.70. The van der Waals surface area contributed by atoms with Crippen molar-refractivity contribution in [2.24, 2.45) is 0 Å². The van der Waals surface area contributed by atoms with E-state index in [4.69, 9.17) is 0 Å². The van der Waals surface area contributed by atoms with E-state index >= 15 is 0 Å². The zero-order valence-corrected chi connectivity index (χ0v) is 14.8. The standard InChI is InChI=1S/C18H28N4O2/c1-4-14-6-8-15(9-7-14)16-12-19-10-11-22(16)13(3)17(23)21-18(24)20-5-2/h6-9,13,16,19H,4-5,10-12H2,1-3H3,(H2,20,21,23,24). The summed E-state index contributed by atoms with van der Waals surface area (Å²) in [4.78, 5) is 26.1. The van der Waals surface area contributed by atoms with Gasteiger partial charge in [-0.05, 0) is 31.4 Å². The first-order chi connectivity index (χ1) is 11.6. The van der Waals surface area contributed by atoms with Crippen LogP contribution in [0.25, 0.3) is 0 Å². The van der Waals surface area contributed by atoms with Crippen molar-refractivity contribution in [3.8, 4) is 0 Å². The van der Waals surface area contributed by atoms with Crippen LogP contribution in [0.3, 0.4) is 0 Å². The van der Waals surface area contributed by atoms with Crippen LogP contribution in [0.4, 0.5) is 4.79 Å². The number of amides is 3. The van der Waals surface area contributed by atoms with Gasteiger partial charge >= 0.3 is 6.03 Å². The molecule has 0 aliphatic carbocycles. The van der Waals surface area contributed by atoms with Gasteiger partial charge < -0.3 is 10.6 Å². The van der Waals surface area contributed by atoms with Crippen molar-refractivity contribution in [3.63, 3.8) is 0 Å². The number of rotatable bonds is 5. The van der Waals surface area contributed by atoms with Gasteiger partial charge in [0.1, 0.15) is 0 Å². The highest BCUT2D eigenvalue weighted by molar-refractivity contribution is 5.96. The van der Waals surface area contributed by atoms with Gasteiger partial charge in [-0.2, -0.15) is 0 Å². The third-order valence-electron chi connectivity index (χ3n) is 4.51. The summed E-state index contributed by atoms with van der Waals surface area (Å²) in [5, 5.41) is 8.40. The second kappa shape index (κ2) is 8.80. The minimum atomic E-state index is -0.437. The van der Waals surface area contributed by atoms with Crippen molar-refractivity contribution in [2.75, 3.05) is 26.2 Å². The molecule has 1 aliphatic rings. The summed E-state index contributed by atoms with van der Waals surface area (Å²) in [7, 11) is 0. The third kappa shape index (κ3) is 4.55. The highest BCUT2D eigenvalue weighted by Crippen LogP contribution is 2.25. The Bertz CT molecular complexity index is 559. The lowest BCUT2D eigenvalue weighted by Gasteiger charge is -2.39. The van der Waals surface area contributed by atoms with Gasteiger partial charge in [-0.25, -0.2) is 4.79 Å². The van der Waals surface area contributed by atoms with Gasteiger partial charge in [-0.15, -0.1) is 0 Å². The maximum absolute atomic E-state index is 12.4. The van der Waals surface area contributed by atoms with Crippen molar-refractivity contribution in [3.05, 3.63) is 35.4 Å². The number of piperazine rings is 1. The van der Waals surface area contributed by atoms with E-state index in [1.165, 1.54) is 11.1 Å². The molecule has 1 aromatic rings. The number of carbonyl (C=O) groups is 2. The van der Waals surface area contributed by atoms with Crippen molar-refractivity contribution in [1.29, 1.82) is 0 Å². The van der Waals surface area contributed by atoms with E-state index < -0.39 is 6.03 Å². The largest absolute Gasteiger partial charge is 0.338 e. The fourth-order valence-electron chi connectivity index (χ4n) is 3.04. The predicted octanol–water partition coefficient (Wildman–Crippen LogP) is 1.43. The van der Waals surface area contributed by atoms with Crippen molar-refractivity contribution in [1.82, 2.24) is 20.9 Å². The number of carbonyl (C=O) groups excluding carboxylic acids is 2. The lowest BCUT2D eigenvalue weighted by molar-refractivity contribution is -0.126. The first kappa shape index (κ1) is 18.4. The topological polar surface area (TPSA) is 73.5 Å². The highest BCUT2D eigenvalue weighted by atomic mass is 16.2. The molecule has 1 aliphatic heterocycles. The zero-order chi connectivity index (χ0) is 17.5. The quantitative estimate of drug-likeness (QED) is 0.763.